The molecule has 0 atom stereocenters. The molecule has 1 saturated heterocycles. The van der Waals surface area contributed by atoms with Crippen molar-refractivity contribution in [1.82, 2.24) is 15.1 Å². The minimum atomic E-state index is -0.253. The zero-order valence-electron chi connectivity index (χ0n) is 18.0. The molecule has 164 valence electrons. The van der Waals surface area contributed by atoms with Crippen LogP contribution in [0.1, 0.15) is 32.1 Å². The molecule has 1 amide bonds. The molecule has 0 spiro atoms. The number of amides is 1. The van der Waals surface area contributed by atoms with Crippen molar-refractivity contribution in [2.24, 2.45) is 0 Å². The Kier molecular flexibility index (Phi) is 7.02. The van der Waals surface area contributed by atoms with Crippen LogP contribution in [0, 0.1) is 0 Å². The molecule has 1 aliphatic heterocycles. The monoisotopic (exact) mass is 421 g/mol. The average Bonchev–Trinajstić information content (AvgIpc) is 2.82. The Balaban J connectivity index is 1.30. The molecule has 31 heavy (non-hydrogen) atoms. The predicted octanol–water partition coefficient (Wildman–Crippen LogP) is 2.58. The van der Waals surface area contributed by atoms with Crippen LogP contribution in [0.5, 0.6) is 0 Å². The van der Waals surface area contributed by atoms with Gasteiger partial charge in [-0.3, -0.25) is 9.59 Å². The summed E-state index contributed by atoms with van der Waals surface area (Å²) in [6.07, 6.45) is 7.97. The number of nitrogens with zero attached hydrogens (tertiary/aromatic N) is 4. The van der Waals surface area contributed by atoms with Crippen molar-refractivity contribution in [1.29, 1.82) is 0 Å². The second kappa shape index (κ2) is 10.3. The normalized spacial score (nSPS) is 16.7. The lowest BCUT2D eigenvalue weighted by molar-refractivity contribution is -0.121. The minimum Gasteiger partial charge on any atom is -0.368 e. The van der Waals surface area contributed by atoms with E-state index in [9.17, 15) is 9.59 Å². The number of aromatic nitrogens is 2. The van der Waals surface area contributed by atoms with Crippen LogP contribution in [-0.4, -0.2) is 48.4 Å². The fraction of sp³-hybridized carbons (Fsp3) is 0.458. The van der Waals surface area contributed by atoms with E-state index >= 15 is 0 Å². The van der Waals surface area contributed by atoms with E-state index in [2.05, 4.69) is 50.6 Å². The number of para-hydroxylation sites is 1. The lowest BCUT2D eigenvalue weighted by atomic mass is 9.97. The fourth-order valence-electron chi connectivity index (χ4n) is 4.24. The second-order valence-electron chi connectivity index (χ2n) is 8.21. The lowest BCUT2D eigenvalue weighted by Crippen LogP contribution is -2.47. The number of rotatable bonds is 7. The number of nitrogens with one attached hydrogen (secondary N) is 1. The van der Waals surface area contributed by atoms with Crippen LogP contribution < -0.4 is 20.7 Å². The molecule has 1 aliphatic carbocycles. The average molecular weight is 422 g/mol. The first kappa shape index (κ1) is 21.2. The Bertz CT molecular complexity index is 961. The van der Waals surface area contributed by atoms with Crippen molar-refractivity contribution in [2.75, 3.05) is 42.5 Å². The Morgan fingerprint density at radius 2 is 1.74 bits per heavy atom. The molecular formula is C24H31N5O2. The third-order valence-electron chi connectivity index (χ3n) is 6.02. The van der Waals surface area contributed by atoms with Gasteiger partial charge in [-0.15, -0.1) is 0 Å². The summed E-state index contributed by atoms with van der Waals surface area (Å²) in [4.78, 5) is 29.1. The summed E-state index contributed by atoms with van der Waals surface area (Å²) < 4.78 is 1.27. The van der Waals surface area contributed by atoms with Gasteiger partial charge in [-0.05, 0) is 50.3 Å². The Hall–Kier alpha value is -3.09. The van der Waals surface area contributed by atoms with E-state index in [0.717, 1.165) is 51.3 Å². The first-order chi connectivity index (χ1) is 15.2. The molecule has 0 radical (unpaired) electrons. The smallest absolute Gasteiger partial charge is 0.267 e. The van der Waals surface area contributed by atoms with Gasteiger partial charge < -0.3 is 15.1 Å². The summed E-state index contributed by atoms with van der Waals surface area (Å²) in [6.45, 7) is 3.99. The van der Waals surface area contributed by atoms with Crippen LogP contribution in [0.25, 0.3) is 0 Å². The number of hydrogen-bond acceptors (Lipinski definition) is 5. The molecule has 0 saturated carbocycles. The predicted molar refractivity (Wildman–Crippen MR) is 124 cm³/mol. The van der Waals surface area contributed by atoms with E-state index in [1.54, 1.807) is 6.07 Å². The number of piperazine rings is 1. The lowest BCUT2D eigenvalue weighted by Gasteiger charge is -2.36. The van der Waals surface area contributed by atoms with Crippen molar-refractivity contribution in [2.45, 2.75) is 38.6 Å². The third kappa shape index (κ3) is 5.75. The van der Waals surface area contributed by atoms with Crippen LogP contribution in [0.2, 0.25) is 0 Å². The van der Waals surface area contributed by atoms with E-state index < -0.39 is 0 Å². The zero-order chi connectivity index (χ0) is 21.5. The summed E-state index contributed by atoms with van der Waals surface area (Å²) >= 11 is 0. The third-order valence-corrected chi connectivity index (χ3v) is 6.02. The van der Waals surface area contributed by atoms with Gasteiger partial charge in [0, 0.05) is 44.5 Å². The fourth-order valence-corrected chi connectivity index (χ4v) is 4.24. The van der Waals surface area contributed by atoms with Crippen molar-refractivity contribution >= 4 is 17.4 Å². The number of allylic oxidation sites excluding steroid dienone is 1. The molecule has 0 bridgehead atoms. The first-order valence-electron chi connectivity index (χ1n) is 11.3. The summed E-state index contributed by atoms with van der Waals surface area (Å²) in [7, 11) is 0. The molecule has 0 unspecified atom stereocenters. The van der Waals surface area contributed by atoms with E-state index in [-0.39, 0.29) is 18.0 Å². The van der Waals surface area contributed by atoms with Crippen molar-refractivity contribution < 1.29 is 4.79 Å². The standard InChI is InChI=1S/C24H31N5O2/c30-23(25-14-13-20-7-3-1-4-8-20)19-29-24(31)12-11-22(26-29)28-17-15-27(16-18-28)21-9-5-2-6-10-21/h2,5-7,9-12H,1,3-4,8,13-19H2,(H,25,30). The molecule has 2 heterocycles. The van der Waals surface area contributed by atoms with E-state index in [4.69, 9.17) is 0 Å². The van der Waals surface area contributed by atoms with Gasteiger partial charge in [-0.1, -0.05) is 29.8 Å². The zero-order valence-corrected chi connectivity index (χ0v) is 18.0. The molecule has 7 heteroatoms. The summed E-state index contributed by atoms with van der Waals surface area (Å²) in [6, 6.07) is 13.6. The first-order valence-corrected chi connectivity index (χ1v) is 11.3. The van der Waals surface area contributed by atoms with Gasteiger partial charge in [0.05, 0.1) is 0 Å². The molecular weight excluding hydrogens is 390 g/mol. The Morgan fingerprint density at radius 1 is 0.968 bits per heavy atom. The SMILES string of the molecule is O=C(Cn1nc(N2CCN(c3ccccc3)CC2)ccc1=O)NCCC1=CCCCC1. The van der Waals surface area contributed by atoms with Crippen LogP contribution in [0.15, 0.2) is 58.9 Å². The Morgan fingerprint density at radius 3 is 2.48 bits per heavy atom. The number of hydrogen-bond donors (Lipinski definition) is 1. The van der Waals surface area contributed by atoms with Gasteiger partial charge in [0.25, 0.3) is 5.56 Å². The summed E-state index contributed by atoms with van der Waals surface area (Å²) in [5.41, 5.74) is 2.40. The molecule has 1 N–H and O–H groups in total. The van der Waals surface area contributed by atoms with Crippen molar-refractivity contribution in [3.8, 4) is 0 Å². The Labute approximate surface area is 183 Å². The van der Waals surface area contributed by atoms with Crippen LogP contribution >= 0.6 is 0 Å². The highest BCUT2D eigenvalue weighted by molar-refractivity contribution is 5.75. The molecule has 2 aromatic rings. The quantitative estimate of drug-likeness (QED) is 0.696. The van der Waals surface area contributed by atoms with E-state index in [1.165, 1.54) is 34.9 Å². The highest BCUT2D eigenvalue weighted by Crippen LogP contribution is 2.20. The molecule has 4 rings (SSSR count). The minimum absolute atomic E-state index is 0.0459. The van der Waals surface area contributed by atoms with Gasteiger partial charge in [0.2, 0.25) is 5.91 Å². The molecule has 1 aromatic carbocycles. The summed E-state index contributed by atoms with van der Waals surface area (Å²) in [5, 5.41) is 7.40. The van der Waals surface area contributed by atoms with Crippen LogP contribution in [0.4, 0.5) is 11.5 Å². The van der Waals surface area contributed by atoms with Crippen molar-refractivity contribution in [3.05, 3.63) is 64.5 Å². The number of benzene rings is 1. The van der Waals surface area contributed by atoms with Crippen LogP contribution in [0.3, 0.4) is 0 Å². The highest BCUT2D eigenvalue weighted by atomic mass is 16.2. The van der Waals surface area contributed by atoms with Crippen molar-refractivity contribution in [3.63, 3.8) is 0 Å². The maximum atomic E-state index is 12.3. The molecule has 1 fully saturated rings. The topological polar surface area (TPSA) is 70.5 Å². The van der Waals surface area contributed by atoms with Gasteiger partial charge in [-0.25, -0.2) is 4.68 Å². The highest BCUT2D eigenvalue weighted by Gasteiger charge is 2.19. The maximum absolute atomic E-state index is 12.3. The molecule has 2 aliphatic rings. The van der Waals surface area contributed by atoms with Crippen LogP contribution in [-0.2, 0) is 11.3 Å². The molecule has 7 nitrogen and oxygen atoms in total. The van der Waals surface area contributed by atoms with Gasteiger partial charge in [-0.2, -0.15) is 5.10 Å². The van der Waals surface area contributed by atoms with E-state index in [0.29, 0.717) is 6.54 Å². The summed E-state index contributed by atoms with van der Waals surface area (Å²) in [5.74, 6) is 0.574. The van der Waals surface area contributed by atoms with Gasteiger partial charge >= 0.3 is 0 Å². The maximum Gasteiger partial charge on any atom is 0.267 e. The molecule has 1 aromatic heterocycles. The van der Waals surface area contributed by atoms with Gasteiger partial charge in [0.1, 0.15) is 12.4 Å². The number of anilines is 2. The van der Waals surface area contributed by atoms with Gasteiger partial charge in [0.15, 0.2) is 0 Å². The number of carbonyl (C=O) groups is 1. The second-order valence-corrected chi connectivity index (χ2v) is 8.21. The number of carbonyl (C=O) groups excluding carboxylic acids is 1. The van der Waals surface area contributed by atoms with E-state index in [1.807, 2.05) is 6.07 Å². The largest absolute Gasteiger partial charge is 0.368 e.